The van der Waals surface area contributed by atoms with Gasteiger partial charge in [0.2, 0.25) is 0 Å². The van der Waals surface area contributed by atoms with Crippen LogP contribution < -0.4 is 11.1 Å². The van der Waals surface area contributed by atoms with Crippen molar-refractivity contribution in [2.24, 2.45) is 11.7 Å². The fourth-order valence-corrected chi connectivity index (χ4v) is 4.52. The zero-order valence-electron chi connectivity index (χ0n) is 15.1. The first kappa shape index (κ1) is 19.2. The van der Waals surface area contributed by atoms with Gasteiger partial charge in [-0.3, -0.25) is 0 Å². The number of sulfone groups is 1. The van der Waals surface area contributed by atoms with Crippen molar-refractivity contribution in [3.8, 4) is 6.07 Å². The molecule has 0 radical (unpaired) electrons. The molecule has 6 heteroatoms. The Labute approximate surface area is 150 Å². The first-order valence-corrected chi connectivity index (χ1v) is 10.2. The lowest BCUT2D eigenvalue weighted by Gasteiger charge is -2.30. The molecule has 0 aliphatic carbocycles. The summed E-state index contributed by atoms with van der Waals surface area (Å²) in [6.45, 7) is 6.31. The number of hydrogen-bond acceptors (Lipinski definition) is 5. The smallest absolute Gasteiger partial charge is 0.174 e. The third-order valence-corrected chi connectivity index (χ3v) is 5.61. The molecule has 1 aromatic carbocycles. The van der Waals surface area contributed by atoms with E-state index >= 15 is 0 Å². The Bertz CT molecular complexity index is 857. The van der Waals surface area contributed by atoms with Crippen molar-refractivity contribution >= 4 is 9.84 Å². The van der Waals surface area contributed by atoms with Gasteiger partial charge in [-0.1, -0.05) is 38.1 Å². The Hall–Kier alpha value is -2.10. The van der Waals surface area contributed by atoms with Gasteiger partial charge in [0.15, 0.2) is 9.84 Å². The predicted octanol–water partition coefficient (Wildman–Crippen LogP) is 2.93. The van der Waals surface area contributed by atoms with Crippen LogP contribution in [0.2, 0.25) is 0 Å². The van der Waals surface area contributed by atoms with Gasteiger partial charge in [-0.05, 0) is 30.4 Å². The summed E-state index contributed by atoms with van der Waals surface area (Å²) in [5, 5.41) is 13.0. The minimum absolute atomic E-state index is 0.261. The quantitative estimate of drug-likeness (QED) is 0.842. The van der Waals surface area contributed by atoms with Crippen molar-refractivity contribution in [3.05, 3.63) is 57.3 Å². The van der Waals surface area contributed by atoms with Gasteiger partial charge in [0.05, 0.1) is 22.5 Å². The molecule has 1 aliphatic heterocycles. The van der Waals surface area contributed by atoms with E-state index in [-0.39, 0.29) is 4.91 Å². The summed E-state index contributed by atoms with van der Waals surface area (Å²) in [6.07, 6.45) is 1.88. The van der Waals surface area contributed by atoms with Gasteiger partial charge in [-0.25, -0.2) is 8.42 Å². The highest BCUT2D eigenvalue weighted by Crippen LogP contribution is 2.41. The van der Waals surface area contributed by atoms with E-state index in [1.807, 2.05) is 24.3 Å². The summed E-state index contributed by atoms with van der Waals surface area (Å²) in [7, 11) is -3.48. The summed E-state index contributed by atoms with van der Waals surface area (Å²) in [4.78, 5) is 0.261. The summed E-state index contributed by atoms with van der Waals surface area (Å²) in [5.41, 5.74) is 9.26. The first-order valence-electron chi connectivity index (χ1n) is 8.29. The van der Waals surface area contributed by atoms with Crippen molar-refractivity contribution in [2.75, 3.05) is 6.26 Å². The molecule has 25 heavy (non-hydrogen) atoms. The second-order valence-corrected chi connectivity index (χ2v) is 8.85. The van der Waals surface area contributed by atoms with E-state index in [2.05, 4.69) is 25.2 Å². The maximum atomic E-state index is 12.4. The van der Waals surface area contributed by atoms with Crippen LogP contribution in [-0.4, -0.2) is 14.7 Å². The van der Waals surface area contributed by atoms with E-state index in [9.17, 15) is 13.7 Å². The highest BCUT2D eigenvalue weighted by Gasteiger charge is 2.35. The highest BCUT2D eigenvalue weighted by molar-refractivity contribution is 7.94. The van der Waals surface area contributed by atoms with E-state index in [0.717, 1.165) is 16.8 Å². The van der Waals surface area contributed by atoms with Gasteiger partial charge >= 0.3 is 0 Å². The third-order valence-electron chi connectivity index (χ3n) is 4.27. The summed E-state index contributed by atoms with van der Waals surface area (Å²) >= 11 is 0. The van der Waals surface area contributed by atoms with Crippen LogP contribution in [0.25, 0.3) is 0 Å². The van der Waals surface area contributed by atoms with Gasteiger partial charge < -0.3 is 11.1 Å². The van der Waals surface area contributed by atoms with Crippen molar-refractivity contribution < 1.29 is 8.42 Å². The van der Waals surface area contributed by atoms with Crippen molar-refractivity contribution in [1.29, 1.82) is 5.26 Å². The van der Waals surface area contributed by atoms with Crippen molar-refractivity contribution in [2.45, 2.75) is 39.7 Å². The molecule has 0 fully saturated rings. The summed E-state index contributed by atoms with van der Waals surface area (Å²) < 4.78 is 24.9. The molecule has 2 rings (SSSR count). The molecule has 1 atom stereocenters. The number of allylic oxidation sites excluding steroid dienone is 4. The third kappa shape index (κ3) is 4.12. The van der Waals surface area contributed by atoms with Crippen LogP contribution in [0.15, 0.2) is 46.1 Å². The molecule has 3 N–H and O–H groups in total. The summed E-state index contributed by atoms with van der Waals surface area (Å²) in [5.74, 6) is -0.236. The zero-order chi connectivity index (χ0) is 18.8. The standard InChI is InChI=1S/C19H25N3O2S/c1-12(2)9-17-16(11-21)18(15-7-5-14(10-20)6-8-15)19(13(3)22-17)25(4,23)24/h5-8,12,18,22H,9-10,20H2,1-4H3. The number of dihydropyridines is 1. The van der Waals surface area contributed by atoms with Gasteiger partial charge in [0.25, 0.3) is 0 Å². The first-order chi connectivity index (χ1) is 11.7. The lowest BCUT2D eigenvalue weighted by molar-refractivity contribution is 0.592. The SMILES string of the molecule is CC1=C(S(C)(=O)=O)C(c2ccc(CN)cc2)C(C#N)=C(CC(C)C)N1. The second-order valence-electron chi connectivity index (χ2n) is 6.87. The number of nitrogens with two attached hydrogens (primary N) is 1. The molecule has 0 amide bonds. The minimum atomic E-state index is -3.48. The molecule has 1 heterocycles. The maximum absolute atomic E-state index is 12.4. The average Bonchev–Trinajstić information content (AvgIpc) is 2.52. The number of hydrogen-bond donors (Lipinski definition) is 2. The molecule has 1 aromatic rings. The lowest BCUT2D eigenvalue weighted by atomic mass is 9.85. The Kier molecular flexibility index (Phi) is 5.71. The molecule has 0 saturated carbocycles. The number of nitriles is 1. The molecular weight excluding hydrogens is 334 g/mol. The van der Waals surface area contributed by atoms with Gasteiger partial charge in [-0.2, -0.15) is 5.26 Å². The van der Waals surface area contributed by atoms with Gasteiger partial charge in [0, 0.05) is 24.2 Å². The molecule has 0 bridgehead atoms. The van der Waals surface area contributed by atoms with Crippen LogP contribution >= 0.6 is 0 Å². The Morgan fingerprint density at radius 2 is 1.88 bits per heavy atom. The molecule has 0 saturated heterocycles. The van der Waals surface area contributed by atoms with Crippen LogP contribution in [0, 0.1) is 17.2 Å². The zero-order valence-corrected chi connectivity index (χ0v) is 15.9. The number of rotatable bonds is 5. The molecule has 1 unspecified atom stereocenters. The average molecular weight is 359 g/mol. The molecule has 0 spiro atoms. The molecule has 1 aliphatic rings. The highest BCUT2D eigenvalue weighted by atomic mass is 32.2. The Balaban J connectivity index is 2.69. The van der Waals surface area contributed by atoms with Crippen LogP contribution in [0.3, 0.4) is 0 Å². The van der Waals surface area contributed by atoms with E-state index < -0.39 is 15.8 Å². The fraction of sp³-hybridized carbons (Fsp3) is 0.421. The fourth-order valence-electron chi connectivity index (χ4n) is 3.23. The number of nitrogens with zero attached hydrogens (tertiary/aromatic N) is 1. The van der Waals surface area contributed by atoms with Crippen LogP contribution in [0.1, 0.15) is 44.2 Å². The lowest BCUT2D eigenvalue weighted by Crippen LogP contribution is -2.29. The molecule has 0 aromatic heterocycles. The summed E-state index contributed by atoms with van der Waals surface area (Å²) in [6, 6.07) is 9.73. The maximum Gasteiger partial charge on any atom is 0.174 e. The topological polar surface area (TPSA) is 96.0 Å². The molecule has 5 nitrogen and oxygen atoms in total. The van der Waals surface area contributed by atoms with Crippen molar-refractivity contribution in [1.82, 2.24) is 5.32 Å². The van der Waals surface area contributed by atoms with Crippen molar-refractivity contribution in [3.63, 3.8) is 0 Å². The predicted molar refractivity (Wildman–Crippen MR) is 99.8 cm³/mol. The van der Waals surface area contributed by atoms with Gasteiger partial charge in [0.1, 0.15) is 0 Å². The second kappa shape index (κ2) is 7.42. The monoisotopic (exact) mass is 359 g/mol. The largest absolute Gasteiger partial charge is 0.361 e. The van der Waals surface area contributed by atoms with Crippen LogP contribution in [0.5, 0.6) is 0 Å². The molecule has 134 valence electrons. The van der Waals surface area contributed by atoms with E-state index in [1.165, 1.54) is 6.26 Å². The molecular formula is C19H25N3O2S. The van der Waals surface area contributed by atoms with E-state index in [1.54, 1.807) is 6.92 Å². The number of benzene rings is 1. The van der Waals surface area contributed by atoms with Crippen LogP contribution in [0.4, 0.5) is 0 Å². The van der Waals surface area contributed by atoms with E-state index in [4.69, 9.17) is 5.73 Å². The van der Waals surface area contributed by atoms with E-state index in [0.29, 0.717) is 30.2 Å². The minimum Gasteiger partial charge on any atom is -0.361 e. The Morgan fingerprint density at radius 1 is 1.28 bits per heavy atom. The normalized spacial score (nSPS) is 18.4. The number of nitrogens with one attached hydrogen (secondary N) is 1. The van der Waals surface area contributed by atoms with Crippen LogP contribution in [-0.2, 0) is 16.4 Å². The van der Waals surface area contributed by atoms with Gasteiger partial charge in [-0.15, -0.1) is 0 Å². The Morgan fingerprint density at radius 3 is 2.32 bits per heavy atom.